The molecule has 2 N–H and O–H groups in total. The summed E-state index contributed by atoms with van der Waals surface area (Å²) in [5.41, 5.74) is -0.644. The van der Waals surface area contributed by atoms with E-state index in [4.69, 9.17) is 11.6 Å². The first-order valence-electron chi connectivity index (χ1n) is 9.01. The van der Waals surface area contributed by atoms with Crippen molar-refractivity contribution in [3.63, 3.8) is 0 Å². The fraction of sp³-hybridized carbons (Fsp3) is 0.0952. The largest absolute Gasteiger partial charge is 0.435 e. The van der Waals surface area contributed by atoms with E-state index in [-0.39, 0.29) is 22.7 Å². The number of halogens is 4. The Bertz CT molecular complexity index is 1340. The summed E-state index contributed by atoms with van der Waals surface area (Å²) in [6.07, 6.45) is -4.78. The summed E-state index contributed by atoms with van der Waals surface area (Å²) in [5.74, 6) is -0.242. The highest BCUT2D eigenvalue weighted by molar-refractivity contribution is 6.30. The van der Waals surface area contributed by atoms with Gasteiger partial charge in [0.2, 0.25) is 5.91 Å². The summed E-state index contributed by atoms with van der Waals surface area (Å²) >= 11 is 5.87. The number of benzene rings is 2. The molecule has 158 valence electrons. The molecule has 31 heavy (non-hydrogen) atoms. The highest BCUT2D eigenvalue weighted by atomic mass is 35.5. The van der Waals surface area contributed by atoms with Crippen molar-refractivity contribution < 1.29 is 18.0 Å². The molecule has 0 saturated heterocycles. The number of anilines is 1. The summed E-state index contributed by atoms with van der Waals surface area (Å²) in [6.45, 7) is 1.37. The van der Waals surface area contributed by atoms with Crippen LogP contribution in [0.5, 0.6) is 0 Å². The highest BCUT2D eigenvalue weighted by Gasteiger charge is 2.39. The van der Waals surface area contributed by atoms with Crippen LogP contribution in [0.3, 0.4) is 0 Å². The van der Waals surface area contributed by atoms with E-state index in [0.29, 0.717) is 26.5 Å². The van der Waals surface area contributed by atoms with Crippen LogP contribution in [0.25, 0.3) is 28.0 Å². The lowest BCUT2D eigenvalue weighted by Crippen LogP contribution is -2.15. The van der Waals surface area contributed by atoms with E-state index in [1.165, 1.54) is 37.3 Å². The van der Waals surface area contributed by atoms with Crippen molar-refractivity contribution in [2.75, 3.05) is 5.32 Å². The molecular weight excluding hydrogens is 433 g/mol. The van der Waals surface area contributed by atoms with Crippen LogP contribution in [-0.2, 0) is 11.0 Å². The minimum atomic E-state index is -4.78. The van der Waals surface area contributed by atoms with E-state index in [0.717, 1.165) is 0 Å². The van der Waals surface area contributed by atoms with Gasteiger partial charge in [-0.25, -0.2) is 0 Å². The second-order valence-corrected chi connectivity index (χ2v) is 7.20. The number of hydrogen-bond acceptors (Lipinski definition) is 3. The van der Waals surface area contributed by atoms with Gasteiger partial charge in [-0.1, -0.05) is 35.9 Å². The van der Waals surface area contributed by atoms with Gasteiger partial charge in [0.25, 0.3) is 5.56 Å². The minimum absolute atomic E-state index is 0.0944. The molecule has 2 aromatic heterocycles. The maximum atomic E-state index is 13.7. The lowest BCUT2D eigenvalue weighted by atomic mass is 10.1. The summed E-state index contributed by atoms with van der Waals surface area (Å²) in [7, 11) is 0. The second kappa shape index (κ2) is 7.59. The van der Waals surface area contributed by atoms with Crippen LogP contribution >= 0.6 is 11.6 Å². The van der Waals surface area contributed by atoms with Crippen molar-refractivity contribution in [3.8, 4) is 22.4 Å². The number of fused-ring (bicyclic) bond motifs is 1. The zero-order chi connectivity index (χ0) is 22.3. The van der Waals surface area contributed by atoms with Gasteiger partial charge in [0.1, 0.15) is 5.65 Å². The summed E-state index contributed by atoms with van der Waals surface area (Å²) in [4.78, 5) is 26.7. The van der Waals surface area contributed by atoms with Crippen LogP contribution in [-0.4, -0.2) is 20.5 Å². The monoisotopic (exact) mass is 446 g/mol. The van der Waals surface area contributed by atoms with Crippen molar-refractivity contribution in [3.05, 3.63) is 75.7 Å². The Kier molecular flexibility index (Phi) is 5.06. The molecule has 0 radical (unpaired) electrons. The molecule has 2 heterocycles. The van der Waals surface area contributed by atoms with Crippen molar-refractivity contribution >= 4 is 28.8 Å². The maximum absolute atomic E-state index is 13.7. The Balaban J connectivity index is 1.93. The molecule has 0 unspecified atom stereocenters. The Morgan fingerprint density at radius 1 is 1.06 bits per heavy atom. The molecule has 0 saturated carbocycles. The number of alkyl halides is 3. The molecule has 2 aromatic carbocycles. The number of hydrogen-bond donors (Lipinski definition) is 2. The first-order chi connectivity index (χ1) is 14.6. The summed E-state index contributed by atoms with van der Waals surface area (Å²) < 4.78 is 41.8. The predicted octanol–water partition coefficient (Wildman–Crippen LogP) is 4.99. The van der Waals surface area contributed by atoms with E-state index >= 15 is 0 Å². The Labute approximate surface area is 178 Å². The first-order valence-corrected chi connectivity index (χ1v) is 9.38. The summed E-state index contributed by atoms with van der Waals surface area (Å²) in [5, 5.41) is 6.51. The van der Waals surface area contributed by atoms with Gasteiger partial charge in [0.15, 0.2) is 5.69 Å². The average molecular weight is 447 g/mol. The molecule has 0 atom stereocenters. The van der Waals surface area contributed by atoms with Gasteiger partial charge in [0.05, 0.1) is 11.3 Å². The normalized spacial score (nSPS) is 11.6. The number of carbonyl (C=O) groups excluding carboxylic acids is 1. The third-order valence-corrected chi connectivity index (χ3v) is 4.78. The predicted molar refractivity (Wildman–Crippen MR) is 111 cm³/mol. The molecule has 4 rings (SSSR count). The number of aromatic nitrogens is 3. The van der Waals surface area contributed by atoms with E-state index in [1.807, 2.05) is 0 Å². The molecular formula is C21H14ClF3N4O2. The van der Waals surface area contributed by atoms with Gasteiger partial charge in [-0.15, -0.1) is 0 Å². The Hall–Kier alpha value is -3.59. The van der Waals surface area contributed by atoms with Crippen LogP contribution in [0.4, 0.5) is 18.9 Å². The number of H-pyrrole nitrogens is 1. The fourth-order valence-electron chi connectivity index (χ4n) is 3.22. The minimum Gasteiger partial charge on any atom is -0.339 e. The molecule has 0 bridgehead atoms. The molecule has 4 aromatic rings. The van der Waals surface area contributed by atoms with Crippen LogP contribution < -0.4 is 10.9 Å². The van der Waals surface area contributed by atoms with Gasteiger partial charge in [-0.05, 0) is 35.4 Å². The number of nitrogens with zero attached hydrogens (tertiary/aromatic N) is 2. The van der Waals surface area contributed by atoms with Gasteiger partial charge in [0, 0.05) is 23.7 Å². The van der Waals surface area contributed by atoms with E-state index < -0.39 is 17.4 Å². The second-order valence-electron chi connectivity index (χ2n) is 6.77. The number of amides is 1. The van der Waals surface area contributed by atoms with E-state index in [1.54, 1.807) is 24.3 Å². The Morgan fingerprint density at radius 3 is 2.26 bits per heavy atom. The molecule has 0 aliphatic carbocycles. The first kappa shape index (κ1) is 20.7. The quantitative estimate of drug-likeness (QED) is 0.465. The van der Waals surface area contributed by atoms with Gasteiger partial charge >= 0.3 is 6.18 Å². The topological polar surface area (TPSA) is 79.3 Å². The molecule has 0 spiro atoms. The van der Waals surface area contributed by atoms with Crippen LogP contribution in [0.15, 0.2) is 59.4 Å². The van der Waals surface area contributed by atoms with Crippen LogP contribution in [0, 0.1) is 0 Å². The van der Waals surface area contributed by atoms with Crippen LogP contribution in [0.1, 0.15) is 12.6 Å². The third-order valence-electron chi connectivity index (χ3n) is 4.53. The van der Waals surface area contributed by atoms with Crippen molar-refractivity contribution in [1.82, 2.24) is 14.6 Å². The SMILES string of the molecule is CC(=O)Nc1ccc(-c2cc(=O)n3nc(C(F)(F)F)c(-c4ccc(Cl)cc4)c3[nH]2)cc1. The van der Waals surface area contributed by atoms with E-state index in [2.05, 4.69) is 15.4 Å². The maximum Gasteiger partial charge on any atom is 0.435 e. The lowest BCUT2D eigenvalue weighted by molar-refractivity contribution is -0.140. The molecule has 0 aliphatic heterocycles. The lowest BCUT2D eigenvalue weighted by Gasteiger charge is -2.08. The third kappa shape index (κ3) is 4.04. The molecule has 1 amide bonds. The van der Waals surface area contributed by atoms with Crippen LogP contribution in [0.2, 0.25) is 5.02 Å². The number of rotatable bonds is 3. The standard InChI is InChI=1S/C21H14ClF3N4O2/c1-11(30)26-15-8-4-12(5-9-15)16-10-17(31)29-20(27-16)18(19(28-29)21(23,24)25)13-2-6-14(22)7-3-13/h2-10,27H,1H3,(H,26,30). The van der Waals surface area contributed by atoms with Gasteiger partial charge in [-0.3, -0.25) is 9.59 Å². The fourth-order valence-corrected chi connectivity index (χ4v) is 3.35. The zero-order valence-electron chi connectivity index (χ0n) is 15.9. The summed E-state index contributed by atoms with van der Waals surface area (Å²) in [6, 6.07) is 13.5. The number of aromatic amines is 1. The Morgan fingerprint density at radius 2 is 1.68 bits per heavy atom. The van der Waals surface area contributed by atoms with Crippen molar-refractivity contribution in [2.45, 2.75) is 13.1 Å². The number of carbonyl (C=O) groups is 1. The van der Waals surface area contributed by atoms with Crippen molar-refractivity contribution in [1.29, 1.82) is 0 Å². The average Bonchev–Trinajstić information content (AvgIpc) is 3.09. The molecule has 0 aliphatic rings. The van der Waals surface area contributed by atoms with E-state index in [9.17, 15) is 22.8 Å². The smallest absolute Gasteiger partial charge is 0.339 e. The van der Waals surface area contributed by atoms with Gasteiger partial charge < -0.3 is 10.3 Å². The zero-order valence-corrected chi connectivity index (χ0v) is 16.7. The highest BCUT2D eigenvalue weighted by Crippen LogP contribution is 2.38. The van der Waals surface area contributed by atoms with Gasteiger partial charge in [-0.2, -0.15) is 22.8 Å². The van der Waals surface area contributed by atoms with Crippen molar-refractivity contribution in [2.24, 2.45) is 0 Å². The number of nitrogens with one attached hydrogen (secondary N) is 2. The molecule has 6 nitrogen and oxygen atoms in total. The molecule has 0 fully saturated rings. The molecule has 10 heteroatoms.